The molecule has 0 amide bonds. The van der Waals surface area contributed by atoms with E-state index in [-0.39, 0.29) is 24.9 Å². The van der Waals surface area contributed by atoms with Gasteiger partial charge in [-0.15, -0.1) is 0 Å². The third-order valence-corrected chi connectivity index (χ3v) is 3.86. The third-order valence-electron chi connectivity index (χ3n) is 3.86. The molecule has 0 aliphatic heterocycles. The van der Waals surface area contributed by atoms with Gasteiger partial charge in [0.05, 0.1) is 12.3 Å². The van der Waals surface area contributed by atoms with E-state index >= 15 is 0 Å². The zero-order valence-corrected chi connectivity index (χ0v) is 14.7. The van der Waals surface area contributed by atoms with E-state index in [1.54, 1.807) is 6.20 Å². The van der Waals surface area contributed by atoms with Crippen molar-refractivity contribution in [1.29, 1.82) is 0 Å². The van der Waals surface area contributed by atoms with E-state index in [2.05, 4.69) is 25.6 Å². The molecule has 0 bridgehead atoms. The molecule has 0 atom stereocenters. The first-order valence-electron chi connectivity index (χ1n) is 8.50. The van der Waals surface area contributed by atoms with Crippen LogP contribution < -0.4 is 10.6 Å². The second-order valence-corrected chi connectivity index (χ2v) is 5.87. The zero-order chi connectivity index (χ0) is 20.0. The summed E-state index contributed by atoms with van der Waals surface area (Å²) in [5, 5.41) is 14.2. The van der Waals surface area contributed by atoms with Gasteiger partial charge in [0.2, 0.25) is 5.95 Å². The summed E-state index contributed by atoms with van der Waals surface area (Å²) in [6.45, 7) is -0.0193. The first-order valence-corrected chi connectivity index (χ1v) is 8.50. The number of anilines is 2. The van der Waals surface area contributed by atoms with Crippen molar-refractivity contribution >= 4 is 11.8 Å². The van der Waals surface area contributed by atoms with Crippen LogP contribution in [0, 0.1) is 0 Å². The summed E-state index contributed by atoms with van der Waals surface area (Å²) in [5.74, 6) is -0.313. The fraction of sp³-hybridized carbons (Fsp3) is 0.211. The highest BCUT2D eigenvalue weighted by Gasteiger charge is 2.35. The highest BCUT2D eigenvalue weighted by atomic mass is 19.4. The predicted octanol–water partition coefficient (Wildman–Crippen LogP) is 3.57. The van der Waals surface area contributed by atoms with E-state index < -0.39 is 11.7 Å². The number of alkyl halides is 3. The van der Waals surface area contributed by atoms with Gasteiger partial charge in [-0.05, 0) is 17.7 Å². The van der Waals surface area contributed by atoms with Crippen LogP contribution in [-0.2, 0) is 12.7 Å². The molecule has 146 valence electrons. The maximum Gasteiger partial charge on any atom is 0.421 e. The minimum Gasteiger partial charge on any atom is -0.395 e. The normalized spacial score (nSPS) is 11.3. The Morgan fingerprint density at radius 1 is 0.964 bits per heavy atom. The maximum atomic E-state index is 13.0. The number of rotatable bonds is 7. The van der Waals surface area contributed by atoms with Crippen LogP contribution in [0.2, 0.25) is 0 Å². The van der Waals surface area contributed by atoms with Gasteiger partial charge in [0, 0.05) is 31.0 Å². The molecule has 28 heavy (non-hydrogen) atoms. The lowest BCUT2D eigenvalue weighted by atomic mass is 10.1. The van der Waals surface area contributed by atoms with Crippen molar-refractivity contribution in [2.45, 2.75) is 12.7 Å². The van der Waals surface area contributed by atoms with E-state index in [1.165, 1.54) is 0 Å². The number of nitrogens with one attached hydrogen (secondary N) is 2. The van der Waals surface area contributed by atoms with Crippen LogP contribution in [0.4, 0.5) is 24.9 Å². The van der Waals surface area contributed by atoms with Crippen LogP contribution in [0.1, 0.15) is 11.1 Å². The van der Waals surface area contributed by atoms with Gasteiger partial charge >= 0.3 is 6.18 Å². The van der Waals surface area contributed by atoms with Gasteiger partial charge in [-0.3, -0.25) is 4.98 Å². The molecule has 0 aliphatic rings. The number of aromatic nitrogens is 3. The molecule has 3 N–H and O–H groups in total. The summed E-state index contributed by atoms with van der Waals surface area (Å²) >= 11 is 0. The molecule has 9 heteroatoms. The molecule has 3 rings (SSSR count). The van der Waals surface area contributed by atoms with Crippen molar-refractivity contribution in [2.24, 2.45) is 0 Å². The molecule has 2 aromatic heterocycles. The largest absolute Gasteiger partial charge is 0.421 e. The highest BCUT2D eigenvalue weighted by molar-refractivity contribution is 5.59. The fourth-order valence-corrected chi connectivity index (χ4v) is 2.49. The average Bonchev–Trinajstić information content (AvgIpc) is 2.71. The number of pyridine rings is 1. The van der Waals surface area contributed by atoms with Crippen molar-refractivity contribution in [3.05, 3.63) is 66.0 Å². The molecule has 0 saturated carbocycles. The average molecular weight is 389 g/mol. The Labute approximate surface area is 159 Å². The van der Waals surface area contributed by atoms with Gasteiger partial charge in [-0.2, -0.15) is 18.2 Å². The summed E-state index contributed by atoms with van der Waals surface area (Å²) < 4.78 is 39.1. The van der Waals surface area contributed by atoms with Crippen molar-refractivity contribution in [2.75, 3.05) is 23.8 Å². The first kappa shape index (κ1) is 19.6. The van der Waals surface area contributed by atoms with Crippen molar-refractivity contribution in [3.8, 4) is 11.3 Å². The van der Waals surface area contributed by atoms with Crippen molar-refractivity contribution in [3.63, 3.8) is 0 Å². The SMILES string of the molecule is OCCNc1nc(NCc2ccc(-c3ccccn3)cc2)ncc1C(F)(F)F. The summed E-state index contributed by atoms with van der Waals surface area (Å²) in [6, 6.07) is 13.3. The molecule has 0 unspecified atom stereocenters. The number of aliphatic hydroxyl groups is 1. The topological polar surface area (TPSA) is 83.0 Å². The van der Waals surface area contributed by atoms with Gasteiger partial charge in [-0.1, -0.05) is 30.3 Å². The second-order valence-electron chi connectivity index (χ2n) is 5.87. The van der Waals surface area contributed by atoms with Gasteiger partial charge < -0.3 is 15.7 Å². The Bertz CT molecular complexity index is 902. The van der Waals surface area contributed by atoms with Crippen LogP contribution in [0.15, 0.2) is 54.9 Å². The molecule has 3 aromatic rings. The Balaban J connectivity index is 1.70. The Morgan fingerprint density at radius 3 is 2.39 bits per heavy atom. The number of benzene rings is 1. The molecule has 6 nitrogen and oxygen atoms in total. The Kier molecular flexibility index (Phi) is 6.05. The molecule has 1 aromatic carbocycles. The van der Waals surface area contributed by atoms with Gasteiger partial charge in [0.25, 0.3) is 0 Å². The molecule has 0 radical (unpaired) electrons. The highest BCUT2D eigenvalue weighted by Crippen LogP contribution is 2.33. The molecule has 0 spiro atoms. The third kappa shape index (κ3) is 4.95. The van der Waals surface area contributed by atoms with E-state index in [0.29, 0.717) is 6.54 Å². The van der Waals surface area contributed by atoms with E-state index in [0.717, 1.165) is 23.0 Å². The smallest absolute Gasteiger partial charge is 0.395 e. The van der Waals surface area contributed by atoms with Crippen LogP contribution in [0.25, 0.3) is 11.3 Å². The maximum absolute atomic E-state index is 13.0. The number of hydrogen-bond acceptors (Lipinski definition) is 6. The van der Waals surface area contributed by atoms with Crippen LogP contribution in [0.3, 0.4) is 0 Å². The van der Waals surface area contributed by atoms with Crippen molar-refractivity contribution in [1.82, 2.24) is 15.0 Å². The summed E-state index contributed by atoms with van der Waals surface area (Å²) in [6.07, 6.45) is -2.15. The quantitative estimate of drug-likeness (QED) is 0.573. The lowest BCUT2D eigenvalue weighted by molar-refractivity contribution is -0.137. The standard InChI is InChI=1S/C19H18F3N5O/c20-19(21,22)15-12-26-18(27-17(15)24-9-10-28)25-11-13-4-6-14(7-5-13)16-3-1-2-8-23-16/h1-8,12,28H,9-11H2,(H2,24,25,26,27). The summed E-state index contributed by atoms with van der Waals surface area (Å²) in [4.78, 5) is 11.9. The van der Waals surface area contributed by atoms with Crippen LogP contribution in [0.5, 0.6) is 0 Å². The summed E-state index contributed by atoms with van der Waals surface area (Å²) in [7, 11) is 0. The van der Waals surface area contributed by atoms with Gasteiger partial charge in [0.15, 0.2) is 0 Å². The monoisotopic (exact) mass is 389 g/mol. The second kappa shape index (κ2) is 8.66. The number of aliphatic hydroxyl groups excluding tert-OH is 1. The predicted molar refractivity (Wildman–Crippen MR) is 99.6 cm³/mol. The number of hydrogen-bond donors (Lipinski definition) is 3. The fourth-order valence-electron chi connectivity index (χ4n) is 2.49. The van der Waals surface area contributed by atoms with Crippen LogP contribution in [-0.4, -0.2) is 33.2 Å². The molecule has 0 saturated heterocycles. The van der Waals surface area contributed by atoms with Crippen LogP contribution >= 0.6 is 0 Å². The molecular formula is C19H18F3N5O. The Morgan fingerprint density at radius 2 is 1.75 bits per heavy atom. The zero-order valence-electron chi connectivity index (χ0n) is 14.7. The minimum absolute atomic E-state index is 0.0471. The number of halogens is 3. The summed E-state index contributed by atoms with van der Waals surface area (Å²) in [5.41, 5.74) is 1.75. The van der Waals surface area contributed by atoms with E-state index in [4.69, 9.17) is 5.11 Å². The minimum atomic E-state index is -4.59. The molecule has 2 heterocycles. The van der Waals surface area contributed by atoms with E-state index in [1.807, 2.05) is 42.5 Å². The molecular weight excluding hydrogens is 371 g/mol. The lowest BCUT2D eigenvalue weighted by Gasteiger charge is -2.14. The Hall–Kier alpha value is -3.20. The van der Waals surface area contributed by atoms with Crippen molar-refractivity contribution < 1.29 is 18.3 Å². The molecule has 0 aliphatic carbocycles. The van der Waals surface area contributed by atoms with Gasteiger partial charge in [-0.25, -0.2) is 4.98 Å². The first-order chi connectivity index (χ1) is 13.5. The lowest BCUT2D eigenvalue weighted by Crippen LogP contribution is -2.16. The van der Waals surface area contributed by atoms with Gasteiger partial charge in [0.1, 0.15) is 11.4 Å². The van der Waals surface area contributed by atoms with E-state index in [9.17, 15) is 13.2 Å². The number of nitrogens with zero attached hydrogens (tertiary/aromatic N) is 3. The molecule has 0 fully saturated rings.